The van der Waals surface area contributed by atoms with Crippen molar-refractivity contribution in [2.24, 2.45) is 21.5 Å². The Balaban J connectivity index is 2.49. The fourth-order valence-corrected chi connectivity index (χ4v) is 2.03. The van der Waals surface area contributed by atoms with E-state index < -0.39 is 0 Å². The van der Waals surface area contributed by atoms with Gasteiger partial charge in [-0.3, -0.25) is 4.79 Å². The number of nitrogens with zero attached hydrogens (tertiary/aromatic N) is 2. The van der Waals surface area contributed by atoms with Crippen LogP contribution in [0.2, 0.25) is 5.02 Å². The maximum atomic E-state index is 12.6. The number of hydrogen-bond acceptors (Lipinski definition) is 2. The molecule has 0 aliphatic heterocycles. The van der Waals surface area contributed by atoms with Gasteiger partial charge in [-0.05, 0) is 25.1 Å². The number of aliphatic imine (C=N–C) groups is 2. The molecule has 5 nitrogen and oxygen atoms in total. The van der Waals surface area contributed by atoms with Gasteiger partial charge in [-0.2, -0.15) is 0 Å². The van der Waals surface area contributed by atoms with Crippen LogP contribution >= 0.6 is 11.6 Å². The molecule has 0 spiro atoms. The number of benzene rings is 2. The zero-order valence-electron chi connectivity index (χ0n) is 12.0. The number of halogens is 1. The fourth-order valence-electron chi connectivity index (χ4n) is 1.86. The van der Waals surface area contributed by atoms with E-state index >= 15 is 0 Å². The van der Waals surface area contributed by atoms with Crippen molar-refractivity contribution in [1.82, 2.24) is 0 Å². The standard InChI is InChI=1S/C16H15ClN4O/c1-10(18)20-16(19)21-14-8-7-12(17)9-13(14)15(22)11-5-3-2-4-6-11/h2-9H,1H3,(H4,18,19,20,21). The Hall–Kier alpha value is -2.66. The highest BCUT2D eigenvalue weighted by molar-refractivity contribution is 6.31. The van der Waals surface area contributed by atoms with Crippen molar-refractivity contribution in [3.63, 3.8) is 0 Å². The summed E-state index contributed by atoms with van der Waals surface area (Å²) in [5.74, 6) is 0.0682. The number of rotatable bonds is 3. The van der Waals surface area contributed by atoms with E-state index in [-0.39, 0.29) is 17.6 Å². The number of hydrogen-bond donors (Lipinski definition) is 2. The minimum Gasteiger partial charge on any atom is -0.387 e. The molecular formula is C16H15ClN4O. The maximum absolute atomic E-state index is 12.6. The molecule has 0 atom stereocenters. The summed E-state index contributed by atoms with van der Waals surface area (Å²) in [6, 6.07) is 13.7. The summed E-state index contributed by atoms with van der Waals surface area (Å²) in [6.07, 6.45) is 0. The van der Waals surface area contributed by atoms with Gasteiger partial charge in [0, 0.05) is 16.1 Å². The highest BCUT2D eigenvalue weighted by Crippen LogP contribution is 2.26. The molecule has 0 unspecified atom stereocenters. The molecule has 2 aromatic rings. The quantitative estimate of drug-likeness (QED) is 0.518. The molecule has 0 aromatic heterocycles. The third-order valence-corrected chi connectivity index (χ3v) is 3.00. The van der Waals surface area contributed by atoms with Gasteiger partial charge < -0.3 is 11.5 Å². The molecule has 0 saturated heterocycles. The minimum atomic E-state index is -0.192. The Morgan fingerprint density at radius 3 is 2.41 bits per heavy atom. The van der Waals surface area contributed by atoms with Gasteiger partial charge >= 0.3 is 0 Å². The highest BCUT2D eigenvalue weighted by Gasteiger charge is 2.14. The zero-order valence-corrected chi connectivity index (χ0v) is 12.7. The highest BCUT2D eigenvalue weighted by atomic mass is 35.5. The molecule has 0 bridgehead atoms. The van der Waals surface area contributed by atoms with Crippen molar-refractivity contribution in [3.8, 4) is 0 Å². The Labute approximate surface area is 133 Å². The van der Waals surface area contributed by atoms with Crippen LogP contribution in [0.15, 0.2) is 58.5 Å². The lowest BCUT2D eigenvalue weighted by Crippen LogP contribution is -2.15. The molecule has 4 N–H and O–H groups in total. The number of ketones is 1. The first kappa shape index (κ1) is 15.7. The predicted octanol–water partition coefficient (Wildman–Crippen LogP) is 2.89. The molecule has 22 heavy (non-hydrogen) atoms. The van der Waals surface area contributed by atoms with Crippen LogP contribution in [0.25, 0.3) is 0 Å². The van der Waals surface area contributed by atoms with Crippen LogP contribution in [-0.2, 0) is 0 Å². The van der Waals surface area contributed by atoms with Crippen LogP contribution in [0, 0.1) is 0 Å². The molecule has 0 radical (unpaired) electrons. The number of amidine groups is 1. The Morgan fingerprint density at radius 1 is 1.09 bits per heavy atom. The molecule has 0 aliphatic carbocycles. The predicted molar refractivity (Wildman–Crippen MR) is 89.9 cm³/mol. The second-order valence-corrected chi connectivity index (χ2v) is 5.02. The van der Waals surface area contributed by atoms with Crippen molar-refractivity contribution < 1.29 is 4.79 Å². The van der Waals surface area contributed by atoms with E-state index in [1.807, 2.05) is 6.07 Å². The summed E-state index contributed by atoms with van der Waals surface area (Å²) >= 11 is 5.99. The van der Waals surface area contributed by atoms with Gasteiger partial charge in [0.1, 0.15) is 0 Å². The smallest absolute Gasteiger partial charge is 0.222 e. The van der Waals surface area contributed by atoms with Gasteiger partial charge in [0.25, 0.3) is 0 Å². The molecule has 2 aromatic carbocycles. The summed E-state index contributed by atoms with van der Waals surface area (Å²) in [7, 11) is 0. The van der Waals surface area contributed by atoms with E-state index in [2.05, 4.69) is 9.98 Å². The first-order valence-electron chi connectivity index (χ1n) is 6.51. The van der Waals surface area contributed by atoms with E-state index in [1.165, 1.54) is 0 Å². The van der Waals surface area contributed by atoms with Crippen LogP contribution in [0.3, 0.4) is 0 Å². The lowest BCUT2D eigenvalue weighted by Gasteiger charge is -2.06. The van der Waals surface area contributed by atoms with Crippen molar-refractivity contribution in [2.75, 3.05) is 0 Å². The van der Waals surface area contributed by atoms with Gasteiger partial charge in [0.15, 0.2) is 5.78 Å². The Kier molecular flexibility index (Phi) is 4.91. The third kappa shape index (κ3) is 3.93. The molecule has 0 amide bonds. The van der Waals surface area contributed by atoms with Crippen LogP contribution in [0.1, 0.15) is 22.8 Å². The molecule has 0 heterocycles. The van der Waals surface area contributed by atoms with E-state index in [1.54, 1.807) is 49.4 Å². The fraction of sp³-hybridized carbons (Fsp3) is 0.0625. The molecule has 6 heteroatoms. The van der Waals surface area contributed by atoms with Crippen molar-refractivity contribution in [1.29, 1.82) is 0 Å². The van der Waals surface area contributed by atoms with Crippen molar-refractivity contribution >= 4 is 34.9 Å². The number of carbonyl (C=O) groups is 1. The van der Waals surface area contributed by atoms with Gasteiger partial charge in [-0.15, -0.1) is 0 Å². The van der Waals surface area contributed by atoms with E-state index in [4.69, 9.17) is 23.1 Å². The summed E-state index contributed by atoms with van der Waals surface area (Å²) < 4.78 is 0. The average molecular weight is 315 g/mol. The summed E-state index contributed by atoms with van der Waals surface area (Å²) in [6.45, 7) is 1.60. The Bertz CT molecular complexity index is 750. The van der Waals surface area contributed by atoms with Crippen LogP contribution in [0.5, 0.6) is 0 Å². The zero-order chi connectivity index (χ0) is 16.1. The summed E-state index contributed by atoms with van der Waals surface area (Å²) in [4.78, 5) is 20.6. The number of carbonyl (C=O) groups excluding carboxylic acids is 1. The van der Waals surface area contributed by atoms with Gasteiger partial charge in [0.05, 0.1) is 11.5 Å². The topological polar surface area (TPSA) is 93.8 Å². The third-order valence-electron chi connectivity index (χ3n) is 2.77. The average Bonchev–Trinajstić information content (AvgIpc) is 2.48. The molecule has 2 rings (SSSR count). The molecule has 0 saturated carbocycles. The summed E-state index contributed by atoms with van der Waals surface area (Å²) in [5, 5.41) is 0.440. The van der Waals surface area contributed by atoms with Crippen molar-refractivity contribution in [3.05, 3.63) is 64.7 Å². The monoisotopic (exact) mass is 314 g/mol. The lowest BCUT2D eigenvalue weighted by atomic mass is 10.0. The maximum Gasteiger partial charge on any atom is 0.222 e. The second-order valence-electron chi connectivity index (χ2n) is 4.58. The normalized spacial score (nSPS) is 12.3. The van der Waals surface area contributed by atoms with E-state index in [0.29, 0.717) is 21.8 Å². The van der Waals surface area contributed by atoms with Crippen LogP contribution in [-0.4, -0.2) is 17.6 Å². The minimum absolute atomic E-state index is 0.0237. The SMILES string of the molecule is C/C(N)=N/C(N)=Nc1ccc(Cl)cc1C(=O)c1ccccc1. The summed E-state index contributed by atoms with van der Waals surface area (Å²) in [5.41, 5.74) is 12.4. The molecule has 112 valence electrons. The first-order chi connectivity index (χ1) is 10.5. The number of nitrogens with two attached hydrogens (primary N) is 2. The number of guanidine groups is 1. The second kappa shape index (κ2) is 6.87. The lowest BCUT2D eigenvalue weighted by molar-refractivity contribution is 0.103. The van der Waals surface area contributed by atoms with Gasteiger partial charge in [-0.25, -0.2) is 9.98 Å². The molecule has 0 fully saturated rings. The van der Waals surface area contributed by atoms with Crippen LogP contribution < -0.4 is 11.5 Å². The molecule has 0 aliphatic rings. The Morgan fingerprint density at radius 2 is 1.77 bits per heavy atom. The largest absolute Gasteiger partial charge is 0.387 e. The van der Waals surface area contributed by atoms with Crippen LogP contribution in [0.4, 0.5) is 5.69 Å². The van der Waals surface area contributed by atoms with Crippen molar-refractivity contribution in [2.45, 2.75) is 6.92 Å². The van der Waals surface area contributed by atoms with Gasteiger partial charge in [0.2, 0.25) is 5.96 Å². The molecular weight excluding hydrogens is 300 g/mol. The van der Waals surface area contributed by atoms with Gasteiger partial charge in [-0.1, -0.05) is 41.9 Å². The van der Waals surface area contributed by atoms with E-state index in [0.717, 1.165) is 0 Å². The van der Waals surface area contributed by atoms with E-state index in [9.17, 15) is 4.79 Å². The first-order valence-corrected chi connectivity index (χ1v) is 6.89.